The van der Waals surface area contributed by atoms with Gasteiger partial charge in [0.05, 0.1) is 12.8 Å². The maximum Gasteiger partial charge on any atom is 0.236 e. The van der Waals surface area contributed by atoms with Crippen LogP contribution in [0.4, 0.5) is 0 Å². The Morgan fingerprint density at radius 1 is 1.21 bits per heavy atom. The third-order valence-electron chi connectivity index (χ3n) is 3.43. The fourth-order valence-electron chi connectivity index (χ4n) is 2.05. The van der Waals surface area contributed by atoms with Crippen LogP contribution in [0, 0.1) is 0 Å². The zero-order valence-electron chi connectivity index (χ0n) is 12.1. The molecule has 1 aliphatic rings. The molecule has 1 fully saturated rings. The fourth-order valence-corrected chi connectivity index (χ4v) is 2.88. The van der Waals surface area contributed by atoms with Crippen LogP contribution in [0.2, 0.25) is 0 Å². The summed E-state index contributed by atoms with van der Waals surface area (Å²) < 4.78 is 24.2. The Hall–Kier alpha value is -0.660. The maximum absolute atomic E-state index is 11.9. The SMILES string of the molecule is CCCCN(C)C(=O)CN1CCN(S(C)(=O)=O)CC1. The van der Waals surface area contributed by atoms with Crippen molar-refractivity contribution in [1.29, 1.82) is 0 Å². The number of sulfonamides is 1. The molecular formula is C12H25N3O3S. The molecule has 0 aromatic rings. The second-order valence-corrected chi connectivity index (χ2v) is 7.09. The second kappa shape index (κ2) is 7.21. The minimum Gasteiger partial charge on any atom is -0.345 e. The second-order valence-electron chi connectivity index (χ2n) is 5.11. The van der Waals surface area contributed by atoms with Crippen LogP contribution in [0.15, 0.2) is 0 Å². The summed E-state index contributed by atoms with van der Waals surface area (Å²) in [5.41, 5.74) is 0. The Kier molecular flexibility index (Phi) is 6.22. The first-order valence-corrected chi connectivity index (χ1v) is 8.61. The molecule has 7 heteroatoms. The van der Waals surface area contributed by atoms with Crippen molar-refractivity contribution in [3.63, 3.8) is 0 Å². The molecular weight excluding hydrogens is 266 g/mol. The van der Waals surface area contributed by atoms with Gasteiger partial charge in [-0.1, -0.05) is 13.3 Å². The number of amides is 1. The van der Waals surface area contributed by atoms with Crippen LogP contribution in [-0.4, -0.2) is 81.0 Å². The van der Waals surface area contributed by atoms with Crippen molar-refractivity contribution in [3.8, 4) is 0 Å². The van der Waals surface area contributed by atoms with Gasteiger partial charge < -0.3 is 4.90 Å². The van der Waals surface area contributed by atoms with Crippen molar-refractivity contribution in [1.82, 2.24) is 14.1 Å². The molecule has 0 aromatic heterocycles. The first-order valence-electron chi connectivity index (χ1n) is 6.76. The highest BCUT2D eigenvalue weighted by atomic mass is 32.2. The monoisotopic (exact) mass is 291 g/mol. The van der Waals surface area contributed by atoms with Gasteiger partial charge in [0.1, 0.15) is 0 Å². The van der Waals surface area contributed by atoms with Crippen LogP contribution in [0.5, 0.6) is 0 Å². The molecule has 112 valence electrons. The summed E-state index contributed by atoms with van der Waals surface area (Å²) in [6, 6.07) is 0. The average Bonchev–Trinajstić information content (AvgIpc) is 2.35. The van der Waals surface area contributed by atoms with Crippen LogP contribution in [0.3, 0.4) is 0 Å². The number of nitrogens with zero attached hydrogens (tertiary/aromatic N) is 3. The summed E-state index contributed by atoms with van der Waals surface area (Å²) in [5, 5.41) is 0. The van der Waals surface area contributed by atoms with Gasteiger partial charge in [-0.25, -0.2) is 8.42 Å². The lowest BCUT2D eigenvalue weighted by Crippen LogP contribution is -2.51. The van der Waals surface area contributed by atoms with E-state index in [0.29, 0.717) is 32.7 Å². The topological polar surface area (TPSA) is 60.9 Å². The largest absolute Gasteiger partial charge is 0.345 e. The molecule has 0 radical (unpaired) electrons. The van der Waals surface area contributed by atoms with Gasteiger partial charge in [0, 0.05) is 39.8 Å². The van der Waals surface area contributed by atoms with Crippen molar-refractivity contribution in [2.45, 2.75) is 19.8 Å². The van der Waals surface area contributed by atoms with Gasteiger partial charge in [-0.15, -0.1) is 0 Å². The number of rotatable bonds is 6. The van der Waals surface area contributed by atoms with Gasteiger partial charge in [-0.3, -0.25) is 9.69 Å². The summed E-state index contributed by atoms with van der Waals surface area (Å²) in [6.45, 7) is 5.48. The van der Waals surface area contributed by atoms with Gasteiger partial charge in [-0.05, 0) is 6.42 Å². The summed E-state index contributed by atoms with van der Waals surface area (Å²) in [7, 11) is -1.27. The molecule has 1 rings (SSSR count). The predicted molar refractivity (Wildman–Crippen MR) is 75.4 cm³/mol. The highest BCUT2D eigenvalue weighted by molar-refractivity contribution is 7.88. The molecule has 1 amide bonds. The summed E-state index contributed by atoms with van der Waals surface area (Å²) in [6.07, 6.45) is 3.32. The van der Waals surface area contributed by atoms with E-state index in [4.69, 9.17) is 0 Å². The molecule has 0 aromatic carbocycles. The zero-order chi connectivity index (χ0) is 14.5. The number of hydrogen-bond donors (Lipinski definition) is 0. The standard InChI is InChI=1S/C12H25N3O3S/c1-4-5-6-13(2)12(16)11-14-7-9-15(10-8-14)19(3,17)18/h4-11H2,1-3H3. The normalized spacial score (nSPS) is 18.5. The van der Waals surface area contributed by atoms with Crippen LogP contribution in [-0.2, 0) is 14.8 Å². The van der Waals surface area contributed by atoms with Gasteiger partial charge in [0.15, 0.2) is 0 Å². The number of likely N-dealkylation sites (N-methyl/N-ethyl adjacent to an activating group) is 1. The van der Waals surface area contributed by atoms with Crippen LogP contribution in [0.25, 0.3) is 0 Å². The highest BCUT2D eigenvalue weighted by Gasteiger charge is 2.24. The maximum atomic E-state index is 11.9. The Labute approximate surface area is 116 Å². The summed E-state index contributed by atoms with van der Waals surface area (Å²) >= 11 is 0. The third kappa shape index (κ3) is 5.46. The first-order chi connectivity index (χ1) is 8.84. The minimum atomic E-state index is -3.09. The van der Waals surface area contributed by atoms with Gasteiger partial charge in [0.2, 0.25) is 15.9 Å². The van der Waals surface area contributed by atoms with E-state index < -0.39 is 10.0 Å². The third-order valence-corrected chi connectivity index (χ3v) is 4.74. The van der Waals surface area contributed by atoms with E-state index in [1.807, 2.05) is 11.9 Å². The van der Waals surface area contributed by atoms with E-state index in [0.717, 1.165) is 19.4 Å². The number of unbranched alkanes of at least 4 members (excludes halogenated alkanes) is 1. The van der Waals surface area contributed by atoms with E-state index in [2.05, 4.69) is 6.92 Å². The molecule has 0 unspecified atom stereocenters. The van der Waals surface area contributed by atoms with Gasteiger partial charge in [0.25, 0.3) is 0 Å². The number of hydrogen-bond acceptors (Lipinski definition) is 4. The van der Waals surface area contributed by atoms with E-state index in [-0.39, 0.29) is 5.91 Å². The zero-order valence-corrected chi connectivity index (χ0v) is 12.9. The highest BCUT2D eigenvalue weighted by Crippen LogP contribution is 2.06. The lowest BCUT2D eigenvalue weighted by Gasteiger charge is -2.33. The first kappa shape index (κ1) is 16.4. The summed E-state index contributed by atoms with van der Waals surface area (Å²) in [4.78, 5) is 15.7. The molecule has 0 atom stereocenters. The van der Waals surface area contributed by atoms with Gasteiger partial charge in [-0.2, -0.15) is 4.31 Å². The van der Waals surface area contributed by atoms with Crippen LogP contribution in [0.1, 0.15) is 19.8 Å². The van der Waals surface area contributed by atoms with Crippen LogP contribution < -0.4 is 0 Å². The summed E-state index contributed by atoms with van der Waals surface area (Å²) in [5.74, 6) is 0.112. The molecule has 1 heterocycles. The van der Waals surface area contributed by atoms with Gasteiger partial charge >= 0.3 is 0 Å². The Bertz CT molecular complexity index is 389. The van der Waals surface area contributed by atoms with Crippen molar-refractivity contribution in [2.24, 2.45) is 0 Å². The van der Waals surface area contributed by atoms with E-state index >= 15 is 0 Å². The lowest BCUT2D eigenvalue weighted by atomic mass is 10.3. The molecule has 1 aliphatic heterocycles. The molecule has 1 saturated heterocycles. The van der Waals surface area contributed by atoms with E-state index in [1.165, 1.54) is 10.6 Å². The van der Waals surface area contributed by atoms with Crippen molar-refractivity contribution < 1.29 is 13.2 Å². The molecule has 19 heavy (non-hydrogen) atoms. The Morgan fingerprint density at radius 3 is 2.26 bits per heavy atom. The van der Waals surface area contributed by atoms with E-state index in [1.54, 1.807) is 4.90 Å². The van der Waals surface area contributed by atoms with Crippen molar-refractivity contribution in [3.05, 3.63) is 0 Å². The molecule has 0 aliphatic carbocycles. The molecule has 0 saturated carbocycles. The van der Waals surface area contributed by atoms with Crippen LogP contribution >= 0.6 is 0 Å². The number of carbonyl (C=O) groups is 1. The van der Waals surface area contributed by atoms with Crippen molar-refractivity contribution in [2.75, 3.05) is 52.6 Å². The molecule has 0 N–H and O–H groups in total. The average molecular weight is 291 g/mol. The number of carbonyl (C=O) groups excluding carboxylic acids is 1. The smallest absolute Gasteiger partial charge is 0.236 e. The Morgan fingerprint density at radius 2 is 1.79 bits per heavy atom. The lowest BCUT2D eigenvalue weighted by molar-refractivity contribution is -0.131. The van der Waals surface area contributed by atoms with Crippen molar-refractivity contribution >= 4 is 15.9 Å². The molecule has 0 spiro atoms. The molecule has 0 bridgehead atoms. The minimum absolute atomic E-state index is 0.112. The fraction of sp³-hybridized carbons (Fsp3) is 0.917. The number of piperazine rings is 1. The van der Waals surface area contributed by atoms with E-state index in [9.17, 15) is 13.2 Å². The molecule has 6 nitrogen and oxygen atoms in total. The predicted octanol–water partition coefficient (Wildman–Crippen LogP) is -0.178. The quantitative estimate of drug-likeness (QED) is 0.681. The Balaban J connectivity index is 2.35.